The standard InChI is InChI=1S/C61H42N2.C58H38N2/c1-61(2)54-24-10-8-19-47(54)48-35-34-45(38-55(48)61)62(42-28-26-40(27-29-42)39-14-4-3-5-15-39)43-30-32-44(33-31-43)63-56-25-11-9-21-53(56)60-57(63)37-36-52-51-23-13-17-41-16-12-22-49(58(41)51)46-18-6-7-20-50(46)59(52)60;1-3-13-39(14-4-1)41-25-29-44(30-26-41)59(45-31-27-42(28-32-45)40-15-5-2-6-16-40)46-33-35-47(36-34-46)60-54-24-10-9-21-53(54)58-55(60)38-37-52-51-23-12-18-43-17-11-22-49(56(43)51)48-19-7-8-20-50(48)57(52)58/h3-38H,1-2H3;1-38H. The maximum Gasteiger partial charge on any atom is 0.0547 e. The molecule has 2 aromatic heterocycles. The van der Waals surface area contributed by atoms with Gasteiger partial charge in [-0.25, -0.2) is 0 Å². The Kier molecular flexibility index (Phi) is 16.6. The second-order valence-electron chi connectivity index (χ2n) is 33.3. The molecule has 0 amide bonds. The van der Waals surface area contributed by atoms with Crippen LogP contribution in [-0.2, 0) is 5.41 Å². The van der Waals surface area contributed by atoms with Crippen molar-refractivity contribution in [3.8, 4) is 123 Å². The van der Waals surface area contributed by atoms with E-state index in [0.717, 1.165) is 45.5 Å². The predicted molar refractivity (Wildman–Crippen MR) is 520 cm³/mol. The Morgan fingerprint density at radius 2 is 0.480 bits per heavy atom. The highest BCUT2D eigenvalue weighted by Gasteiger charge is 2.37. The maximum absolute atomic E-state index is 2.46. The average Bonchev–Trinajstić information content (AvgIpc) is 1.56. The van der Waals surface area contributed by atoms with Crippen molar-refractivity contribution < 1.29 is 0 Å². The Labute approximate surface area is 715 Å². The summed E-state index contributed by atoms with van der Waals surface area (Å²) in [5, 5.41) is 10.2. The molecule has 576 valence electrons. The molecule has 4 nitrogen and oxygen atoms in total. The first-order chi connectivity index (χ1) is 60.8. The lowest BCUT2D eigenvalue weighted by Gasteiger charge is -2.28. The summed E-state index contributed by atoms with van der Waals surface area (Å²) < 4.78 is 4.91. The van der Waals surface area contributed by atoms with Gasteiger partial charge in [0.15, 0.2) is 0 Å². The summed E-state index contributed by atoms with van der Waals surface area (Å²) in [6, 6.07) is 165. The maximum atomic E-state index is 2.46. The molecule has 3 aliphatic carbocycles. The van der Waals surface area contributed by atoms with Crippen LogP contribution in [0.4, 0.5) is 34.1 Å². The number of nitrogens with zero attached hydrogens (tertiary/aromatic N) is 4. The minimum absolute atomic E-state index is 0.112. The van der Waals surface area contributed by atoms with Crippen molar-refractivity contribution in [2.24, 2.45) is 0 Å². The molecule has 22 aromatic rings. The highest BCUT2D eigenvalue weighted by atomic mass is 15.1. The van der Waals surface area contributed by atoms with E-state index in [-0.39, 0.29) is 5.41 Å². The second kappa shape index (κ2) is 28.7. The molecule has 25 rings (SSSR count). The topological polar surface area (TPSA) is 16.3 Å². The highest BCUT2D eigenvalue weighted by Crippen LogP contribution is 2.56. The van der Waals surface area contributed by atoms with E-state index < -0.39 is 0 Å². The molecule has 2 heterocycles. The normalized spacial score (nSPS) is 12.4. The smallest absolute Gasteiger partial charge is 0.0547 e. The summed E-state index contributed by atoms with van der Waals surface area (Å²) in [7, 11) is 0. The van der Waals surface area contributed by atoms with E-state index in [2.05, 4.69) is 482 Å². The molecule has 0 saturated carbocycles. The third kappa shape index (κ3) is 11.5. The third-order valence-corrected chi connectivity index (χ3v) is 26.3. The number of benzene rings is 20. The van der Waals surface area contributed by atoms with E-state index in [1.54, 1.807) is 0 Å². The summed E-state index contributed by atoms with van der Waals surface area (Å²) in [5.41, 5.74) is 41.6. The number of hydrogen-bond donors (Lipinski definition) is 0. The van der Waals surface area contributed by atoms with Gasteiger partial charge in [0.25, 0.3) is 0 Å². The molecule has 123 heavy (non-hydrogen) atoms. The Morgan fingerprint density at radius 3 is 0.886 bits per heavy atom. The van der Waals surface area contributed by atoms with Gasteiger partial charge < -0.3 is 18.9 Å². The van der Waals surface area contributed by atoms with Crippen LogP contribution in [0.5, 0.6) is 0 Å². The first kappa shape index (κ1) is 71.2. The fourth-order valence-electron chi connectivity index (χ4n) is 20.7. The lowest BCUT2D eigenvalue weighted by Crippen LogP contribution is -2.16. The first-order valence-corrected chi connectivity index (χ1v) is 42.7. The second-order valence-corrected chi connectivity index (χ2v) is 33.3. The van der Waals surface area contributed by atoms with Crippen molar-refractivity contribution in [3.05, 3.63) is 460 Å². The van der Waals surface area contributed by atoms with Crippen LogP contribution in [0, 0.1) is 0 Å². The Hall–Kier alpha value is -15.9. The zero-order valence-corrected chi connectivity index (χ0v) is 68.0. The molecule has 0 spiro atoms. The highest BCUT2D eigenvalue weighted by molar-refractivity contribution is 6.26. The fourth-order valence-corrected chi connectivity index (χ4v) is 20.7. The lowest BCUT2D eigenvalue weighted by molar-refractivity contribution is 0.660. The third-order valence-electron chi connectivity index (χ3n) is 26.3. The molecule has 0 aliphatic heterocycles. The van der Waals surface area contributed by atoms with Gasteiger partial charge in [-0.1, -0.05) is 341 Å². The Morgan fingerprint density at radius 1 is 0.187 bits per heavy atom. The molecule has 0 fully saturated rings. The largest absolute Gasteiger partial charge is 0.311 e. The quantitative estimate of drug-likeness (QED) is 0.128. The van der Waals surface area contributed by atoms with Crippen LogP contribution >= 0.6 is 0 Å². The zero-order chi connectivity index (χ0) is 81.4. The van der Waals surface area contributed by atoms with Gasteiger partial charge in [0.2, 0.25) is 0 Å². The van der Waals surface area contributed by atoms with Gasteiger partial charge in [0.1, 0.15) is 0 Å². The molecular formula is C119H80N4. The summed E-state index contributed by atoms with van der Waals surface area (Å²) in [4.78, 5) is 4.77. The minimum Gasteiger partial charge on any atom is -0.311 e. The van der Waals surface area contributed by atoms with Gasteiger partial charge in [0, 0.05) is 83.6 Å². The molecule has 0 bridgehead atoms. The van der Waals surface area contributed by atoms with E-state index in [1.165, 1.54) is 188 Å². The van der Waals surface area contributed by atoms with Crippen LogP contribution in [0.15, 0.2) is 449 Å². The molecule has 0 saturated heterocycles. The number of fused-ring (bicyclic) bond motifs is 21. The van der Waals surface area contributed by atoms with Crippen molar-refractivity contribution >= 4 is 99.3 Å². The van der Waals surface area contributed by atoms with E-state index >= 15 is 0 Å². The minimum atomic E-state index is -0.112. The van der Waals surface area contributed by atoms with Gasteiger partial charge in [-0.15, -0.1) is 0 Å². The van der Waals surface area contributed by atoms with E-state index in [0.29, 0.717) is 0 Å². The first-order valence-electron chi connectivity index (χ1n) is 42.7. The predicted octanol–water partition coefficient (Wildman–Crippen LogP) is 32.7. The number of aromatic nitrogens is 2. The van der Waals surface area contributed by atoms with Gasteiger partial charge in [0.05, 0.1) is 22.1 Å². The van der Waals surface area contributed by atoms with Gasteiger partial charge in [-0.2, -0.15) is 0 Å². The monoisotopic (exact) mass is 1560 g/mol. The number of para-hydroxylation sites is 2. The number of anilines is 6. The van der Waals surface area contributed by atoms with Crippen LogP contribution in [0.25, 0.3) is 188 Å². The fraction of sp³-hybridized carbons (Fsp3) is 0.0252. The van der Waals surface area contributed by atoms with Crippen LogP contribution < -0.4 is 9.80 Å². The molecule has 20 aromatic carbocycles. The Balaban J connectivity index is 0.000000139. The molecular weight excluding hydrogens is 1490 g/mol. The summed E-state index contributed by atoms with van der Waals surface area (Å²) >= 11 is 0. The molecule has 0 unspecified atom stereocenters. The van der Waals surface area contributed by atoms with Crippen molar-refractivity contribution in [1.82, 2.24) is 9.13 Å². The molecule has 4 heteroatoms. The van der Waals surface area contributed by atoms with E-state index in [1.807, 2.05) is 0 Å². The summed E-state index contributed by atoms with van der Waals surface area (Å²) in [6.07, 6.45) is 0. The molecule has 3 aliphatic rings. The van der Waals surface area contributed by atoms with Crippen LogP contribution in [0.2, 0.25) is 0 Å². The van der Waals surface area contributed by atoms with E-state index in [9.17, 15) is 0 Å². The molecule has 0 atom stereocenters. The molecule has 0 radical (unpaired) electrons. The average molecular weight is 1570 g/mol. The summed E-state index contributed by atoms with van der Waals surface area (Å²) in [6.45, 7) is 4.72. The Bertz CT molecular complexity index is 7860. The number of rotatable bonds is 11. The summed E-state index contributed by atoms with van der Waals surface area (Å²) in [5.74, 6) is 0. The van der Waals surface area contributed by atoms with Crippen molar-refractivity contribution in [2.45, 2.75) is 19.3 Å². The number of hydrogen-bond acceptors (Lipinski definition) is 2. The van der Waals surface area contributed by atoms with Crippen molar-refractivity contribution in [1.29, 1.82) is 0 Å². The van der Waals surface area contributed by atoms with Gasteiger partial charge in [-0.3, -0.25) is 0 Å². The van der Waals surface area contributed by atoms with Gasteiger partial charge >= 0.3 is 0 Å². The van der Waals surface area contributed by atoms with Crippen LogP contribution in [0.3, 0.4) is 0 Å². The lowest BCUT2D eigenvalue weighted by atomic mass is 9.82. The van der Waals surface area contributed by atoms with Crippen LogP contribution in [-0.4, -0.2) is 9.13 Å². The van der Waals surface area contributed by atoms with Crippen molar-refractivity contribution in [2.75, 3.05) is 9.80 Å². The SMILES string of the molecule is CC1(C)c2ccccc2-c2ccc(N(c3ccc(-c4ccccc4)cc3)c3ccc(-n4c5ccccc5c5c6c(ccc54)-c4cccc5cccc(c45)-c4ccccc4-6)cc3)cc21.c1ccc(-c2ccc(N(c3ccc(-c4ccccc4)cc3)c3ccc(-n4c5ccccc5c5c6c(ccc54)-c4cccc5cccc(c45)-c4ccccc4-6)cc3)cc2)cc1. The zero-order valence-electron chi connectivity index (χ0n) is 68.0. The van der Waals surface area contributed by atoms with Crippen LogP contribution in [0.1, 0.15) is 25.0 Å². The van der Waals surface area contributed by atoms with Gasteiger partial charge in [-0.05, 0) is 254 Å². The van der Waals surface area contributed by atoms with E-state index in [4.69, 9.17) is 0 Å². The molecule has 0 N–H and O–H groups in total. The van der Waals surface area contributed by atoms with Crippen molar-refractivity contribution in [3.63, 3.8) is 0 Å².